The van der Waals surface area contributed by atoms with Gasteiger partial charge in [0.25, 0.3) is 0 Å². The number of ether oxygens (including phenoxy) is 3. The summed E-state index contributed by atoms with van der Waals surface area (Å²) in [5.41, 5.74) is 6.51. The summed E-state index contributed by atoms with van der Waals surface area (Å²) >= 11 is 0. The number of allylic oxidation sites excluding steroid dienone is 2. The van der Waals surface area contributed by atoms with Gasteiger partial charge in [-0.1, -0.05) is 18.2 Å². The molecule has 1 aliphatic heterocycles. The van der Waals surface area contributed by atoms with E-state index < -0.39 is 24.4 Å². The molecule has 6 heteroatoms. The Morgan fingerprint density at radius 2 is 2.25 bits per heavy atom. The van der Waals surface area contributed by atoms with Gasteiger partial charge in [0.1, 0.15) is 12.1 Å². The molecule has 1 saturated heterocycles. The molecule has 1 heterocycles. The van der Waals surface area contributed by atoms with Gasteiger partial charge in [0, 0.05) is 0 Å². The lowest BCUT2D eigenvalue weighted by atomic mass is 9.89. The number of aliphatic hydroxyl groups excluding tert-OH is 1. The topological polar surface area (TPSA) is 91.0 Å². The van der Waals surface area contributed by atoms with Crippen LogP contribution in [0.2, 0.25) is 0 Å². The van der Waals surface area contributed by atoms with Gasteiger partial charge in [-0.25, -0.2) is 0 Å². The first-order valence-corrected chi connectivity index (χ1v) is 6.74. The molecule has 1 aliphatic carbocycles. The van der Waals surface area contributed by atoms with Crippen LogP contribution in [0.1, 0.15) is 12.8 Å². The van der Waals surface area contributed by atoms with Crippen molar-refractivity contribution in [2.45, 2.75) is 31.3 Å². The Morgan fingerprint density at radius 1 is 1.55 bits per heavy atom. The maximum Gasteiger partial charge on any atom is 0.322 e. The molecule has 0 bridgehead atoms. The zero-order valence-corrected chi connectivity index (χ0v) is 11.5. The first kappa shape index (κ1) is 15.2. The Labute approximate surface area is 118 Å². The van der Waals surface area contributed by atoms with Crippen molar-refractivity contribution in [1.29, 1.82) is 0 Å². The van der Waals surface area contributed by atoms with Gasteiger partial charge < -0.3 is 25.1 Å². The van der Waals surface area contributed by atoms with E-state index in [1.54, 1.807) is 0 Å². The quantitative estimate of drug-likeness (QED) is 0.696. The van der Waals surface area contributed by atoms with Crippen LogP contribution in [-0.4, -0.2) is 49.8 Å². The highest BCUT2D eigenvalue weighted by Crippen LogP contribution is 2.25. The van der Waals surface area contributed by atoms with Crippen molar-refractivity contribution >= 4 is 5.97 Å². The molecule has 112 valence electrons. The van der Waals surface area contributed by atoms with E-state index in [-0.39, 0.29) is 5.92 Å². The normalized spacial score (nSPS) is 26.1. The van der Waals surface area contributed by atoms with E-state index in [0.29, 0.717) is 19.6 Å². The zero-order chi connectivity index (χ0) is 14.5. The molecule has 0 spiro atoms. The monoisotopic (exact) mass is 283 g/mol. The highest BCUT2D eigenvalue weighted by molar-refractivity contribution is 5.75. The number of carbonyl (C=O) groups is 1. The second kappa shape index (κ2) is 6.99. The fourth-order valence-electron chi connectivity index (χ4n) is 2.37. The average molecular weight is 283 g/mol. The Balaban J connectivity index is 1.84. The maximum atomic E-state index is 11.3. The number of aliphatic hydroxyl groups is 1. The molecule has 0 aromatic carbocycles. The van der Waals surface area contributed by atoms with Gasteiger partial charge >= 0.3 is 5.97 Å². The minimum Gasteiger partial charge on any atom is -0.468 e. The van der Waals surface area contributed by atoms with Gasteiger partial charge in [-0.05, 0) is 24.3 Å². The van der Waals surface area contributed by atoms with Gasteiger partial charge in [-0.15, -0.1) is 0 Å². The third-order valence-electron chi connectivity index (χ3n) is 3.52. The first-order valence-electron chi connectivity index (χ1n) is 6.74. The number of nitrogens with two attached hydrogens (primary N) is 1. The average Bonchev–Trinajstić information content (AvgIpc) is 3.00. The summed E-state index contributed by atoms with van der Waals surface area (Å²) in [5, 5.41) is 10.1. The van der Waals surface area contributed by atoms with Crippen LogP contribution < -0.4 is 5.73 Å². The van der Waals surface area contributed by atoms with Crippen LogP contribution in [0.25, 0.3) is 0 Å². The summed E-state index contributed by atoms with van der Waals surface area (Å²) in [5.74, 6) is -0.230. The van der Waals surface area contributed by atoms with Crippen LogP contribution >= 0.6 is 0 Å². The summed E-state index contributed by atoms with van der Waals surface area (Å²) in [7, 11) is 1.33. The summed E-state index contributed by atoms with van der Waals surface area (Å²) in [6, 6.07) is -0.615. The Morgan fingerprint density at radius 3 is 2.80 bits per heavy atom. The molecule has 1 fully saturated rings. The summed E-state index contributed by atoms with van der Waals surface area (Å²) in [6.07, 6.45) is 5.62. The number of esters is 1. The third kappa shape index (κ3) is 3.67. The molecule has 0 radical (unpaired) electrons. The minimum atomic E-state index is -0.774. The van der Waals surface area contributed by atoms with Crippen LogP contribution in [0.5, 0.6) is 0 Å². The Bertz CT molecular complexity index is 400. The van der Waals surface area contributed by atoms with Crippen LogP contribution in [0.3, 0.4) is 0 Å². The van der Waals surface area contributed by atoms with E-state index in [2.05, 4.69) is 4.74 Å². The van der Waals surface area contributed by atoms with E-state index >= 15 is 0 Å². The van der Waals surface area contributed by atoms with Crippen molar-refractivity contribution in [3.05, 3.63) is 23.8 Å². The number of carbonyl (C=O) groups excluding carboxylic acids is 1. The van der Waals surface area contributed by atoms with Crippen LogP contribution in [0.15, 0.2) is 23.8 Å². The molecule has 0 saturated carbocycles. The smallest absolute Gasteiger partial charge is 0.322 e. The molecular weight excluding hydrogens is 262 g/mol. The second-order valence-electron chi connectivity index (χ2n) is 4.98. The van der Waals surface area contributed by atoms with Crippen molar-refractivity contribution in [3.8, 4) is 0 Å². The van der Waals surface area contributed by atoms with E-state index in [9.17, 15) is 9.90 Å². The summed E-state index contributed by atoms with van der Waals surface area (Å²) < 4.78 is 15.2. The van der Waals surface area contributed by atoms with Crippen molar-refractivity contribution < 1.29 is 24.1 Å². The van der Waals surface area contributed by atoms with Gasteiger partial charge in [0.05, 0.1) is 20.3 Å². The van der Waals surface area contributed by atoms with Gasteiger partial charge in [-0.2, -0.15) is 0 Å². The van der Waals surface area contributed by atoms with Crippen molar-refractivity contribution in [2.24, 2.45) is 11.7 Å². The SMILES string of the molecule is COC(=O)[C@@H](N)CC1C=CC(C(O)C2OCCO2)=CC1. The number of hydrogen-bond donors (Lipinski definition) is 2. The van der Waals surface area contributed by atoms with E-state index in [4.69, 9.17) is 15.2 Å². The van der Waals surface area contributed by atoms with E-state index in [0.717, 1.165) is 12.0 Å². The lowest BCUT2D eigenvalue weighted by Crippen LogP contribution is -2.34. The minimum absolute atomic E-state index is 0.172. The molecule has 0 aromatic heterocycles. The van der Waals surface area contributed by atoms with Gasteiger partial charge in [0.15, 0.2) is 6.29 Å². The molecule has 0 aromatic rings. The largest absolute Gasteiger partial charge is 0.468 e. The molecule has 3 N–H and O–H groups in total. The maximum absolute atomic E-state index is 11.3. The van der Waals surface area contributed by atoms with E-state index in [1.165, 1.54) is 7.11 Å². The molecule has 20 heavy (non-hydrogen) atoms. The first-order chi connectivity index (χ1) is 9.61. The standard InChI is InChI=1S/C14H21NO5/c1-18-13(17)11(15)8-9-2-4-10(5-3-9)12(16)14-19-6-7-20-14/h2,4-5,9,11-12,14,16H,3,6-8,15H2,1H3/t9?,11-,12?/m0/s1. The van der Waals surface area contributed by atoms with Gasteiger partial charge in [-0.3, -0.25) is 4.79 Å². The summed E-state index contributed by atoms with van der Waals surface area (Å²) in [4.78, 5) is 11.3. The fourth-order valence-corrected chi connectivity index (χ4v) is 2.37. The predicted molar refractivity (Wildman–Crippen MR) is 71.6 cm³/mol. The predicted octanol–water partition coefficient (Wildman–Crippen LogP) is 0.113. The van der Waals surface area contributed by atoms with Crippen molar-refractivity contribution in [2.75, 3.05) is 20.3 Å². The molecule has 2 unspecified atom stereocenters. The molecule has 2 rings (SSSR count). The van der Waals surface area contributed by atoms with Crippen LogP contribution in [0.4, 0.5) is 0 Å². The third-order valence-corrected chi connectivity index (χ3v) is 3.52. The molecular formula is C14H21NO5. The van der Waals surface area contributed by atoms with Crippen LogP contribution in [-0.2, 0) is 19.0 Å². The Hall–Kier alpha value is -1.21. The second-order valence-corrected chi connectivity index (χ2v) is 4.98. The highest BCUT2D eigenvalue weighted by atomic mass is 16.7. The lowest BCUT2D eigenvalue weighted by molar-refractivity contribution is -0.142. The van der Waals surface area contributed by atoms with Crippen LogP contribution in [0, 0.1) is 5.92 Å². The molecule has 0 amide bonds. The van der Waals surface area contributed by atoms with Crippen molar-refractivity contribution in [3.63, 3.8) is 0 Å². The zero-order valence-electron chi connectivity index (χ0n) is 11.5. The molecule has 6 nitrogen and oxygen atoms in total. The lowest BCUT2D eigenvalue weighted by Gasteiger charge is -2.23. The summed E-state index contributed by atoms with van der Waals surface area (Å²) in [6.45, 7) is 1.02. The van der Waals surface area contributed by atoms with E-state index in [1.807, 2.05) is 18.2 Å². The number of rotatable bonds is 5. The molecule has 2 aliphatic rings. The van der Waals surface area contributed by atoms with Crippen molar-refractivity contribution in [1.82, 2.24) is 0 Å². The fraction of sp³-hybridized carbons (Fsp3) is 0.643. The number of methoxy groups -OCH3 is 1. The van der Waals surface area contributed by atoms with Gasteiger partial charge in [0.2, 0.25) is 0 Å². The number of hydrogen-bond acceptors (Lipinski definition) is 6. The highest BCUT2D eigenvalue weighted by Gasteiger charge is 2.28. The Kier molecular flexibility index (Phi) is 5.31. The molecule has 3 atom stereocenters.